The molecular weight excluding hydrogens is 473 g/mol. The van der Waals surface area contributed by atoms with Crippen molar-refractivity contribution in [2.45, 2.75) is 23.8 Å². The molecule has 0 aliphatic carbocycles. The zero-order chi connectivity index (χ0) is 23.6. The third-order valence-electron chi connectivity index (χ3n) is 4.81. The Hall–Kier alpha value is -3.29. The normalized spacial score (nSPS) is 16.1. The maximum Gasteiger partial charge on any atom is 0.414 e. The summed E-state index contributed by atoms with van der Waals surface area (Å²) in [5.41, 5.74) is 0.902. The minimum absolute atomic E-state index is 0.0533. The first-order valence-corrected chi connectivity index (χ1v) is 12.2. The topological polar surface area (TPSA) is 123 Å². The van der Waals surface area contributed by atoms with E-state index in [1.165, 1.54) is 47.1 Å². The van der Waals surface area contributed by atoms with Crippen LogP contribution >= 0.6 is 11.3 Å². The fraction of sp³-hybridized carbons (Fsp3) is 0.250. The number of rotatable bonds is 8. The van der Waals surface area contributed by atoms with Crippen LogP contribution in [0.4, 0.5) is 14.9 Å². The molecule has 2 aromatic heterocycles. The molecule has 1 atom stereocenters. The molecule has 1 fully saturated rings. The molecule has 1 aromatic carbocycles. The third-order valence-corrected chi connectivity index (χ3v) is 7.61. The van der Waals surface area contributed by atoms with Crippen molar-refractivity contribution in [2.24, 2.45) is 0 Å². The smallest absolute Gasteiger partial charge is 0.414 e. The average Bonchev–Trinajstić information content (AvgIpc) is 3.52. The highest BCUT2D eigenvalue weighted by Gasteiger charge is 2.32. The van der Waals surface area contributed by atoms with Gasteiger partial charge in [-0.25, -0.2) is 27.3 Å². The van der Waals surface area contributed by atoms with Crippen LogP contribution in [0.1, 0.15) is 12.6 Å². The predicted molar refractivity (Wildman–Crippen MR) is 118 cm³/mol. The van der Waals surface area contributed by atoms with Gasteiger partial charge < -0.3 is 14.6 Å². The van der Waals surface area contributed by atoms with Gasteiger partial charge in [0.2, 0.25) is 15.9 Å². The Labute approximate surface area is 193 Å². The summed E-state index contributed by atoms with van der Waals surface area (Å²) in [6.07, 6.45) is 1.74. The number of cyclic esters (lactones) is 1. The number of aromatic nitrogens is 2. The number of anilines is 1. The Morgan fingerprint density at radius 1 is 1.36 bits per heavy atom. The molecule has 0 bridgehead atoms. The minimum Gasteiger partial charge on any atom is -0.442 e. The standard InChI is InChI=1S/C20H20FN5O5S2/c1-13(27)22-9-16-11-26(20(28)31-16)15-4-5-18(17(21)7-15)25-10-14(23-12-25)8-24-33(29,30)19-3-2-6-32-19/h2-7,10,12,16,24H,8-9,11H2,1H3,(H,22,27)/t16-/m0/s1. The maximum absolute atomic E-state index is 14.8. The summed E-state index contributed by atoms with van der Waals surface area (Å²) in [4.78, 5) is 28.6. The molecule has 1 aliphatic rings. The van der Waals surface area contributed by atoms with Gasteiger partial charge in [0.05, 0.1) is 43.0 Å². The summed E-state index contributed by atoms with van der Waals surface area (Å²) >= 11 is 1.10. The van der Waals surface area contributed by atoms with Crippen molar-refractivity contribution >= 4 is 39.0 Å². The van der Waals surface area contributed by atoms with E-state index in [-0.39, 0.29) is 35.4 Å². The number of nitrogens with zero attached hydrogens (tertiary/aromatic N) is 3. The van der Waals surface area contributed by atoms with Crippen LogP contribution in [0.2, 0.25) is 0 Å². The highest BCUT2D eigenvalue weighted by atomic mass is 32.2. The highest BCUT2D eigenvalue weighted by Crippen LogP contribution is 2.25. The van der Waals surface area contributed by atoms with Gasteiger partial charge in [-0.15, -0.1) is 11.3 Å². The summed E-state index contributed by atoms with van der Waals surface area (Å²) in [7, 11) is -3.64. The molecule has 4 rings (SSSR count). The van der Waals surface area contributed by atoms with Crippen LogP contribution in [0.15, 0.2) is 52.4 Å². The Bertz CT molecular complexity index is 1280. The van der Waals surface area contributed by atoms with E-state index in [0.717, 1.165) is 11.3 Å². The zero-order valence-electron chi connectivity index (χ0n) is 17.4. The van der Waals surface area contributed by atoms with E-state index in [1.807, 2.05) is 0 Å². The molecule has 0 radical (unpaired) electrons. The second kappa shape index (κ2) is 9.29. The van der Waals surface area contributed by atoms with Crippen molar-refractivity contribution in [1.82, 2.24) is 19.6 Å². The number of sulfonamides is 1. The first-order valence-electron chi connectivity index (χ1n) is 9.81. The number of nitrogens with one attached hydrogen (secondary N) is 2. The largest absolute Gasteiger partial charge is 0.442 e. The molecular formula is C20H20FN5O5S2. The quantitative estimate of drug-likeness (QED) is 0.495. The van der Waals surface area contributed by atoms with Crippen molar-refractivity contribution in [3.63, 3.8) is 0 Å². The molecule has 0 saturated carbocycles. The SMILES string of the molecule is CC(=O)NC[C@H]1CN(c2ccc(-n3cnc(CNS(=O)(=O)c4cccs4)c3)c(F)c2)C(=O)O1. The van der Waals surface area contributed by atoms with Crippen LogP contribution in [0, 0.1) is 5.82 Å². The molecule has 174 valence electrons. The van der Waals surface area contributed by atoms with E-state index in [1.54, 1.807) is 17.5 Å². The van der Waals surface area contributed by atoms with Crippen LogP contribution in [0.5, 0.6) is 0 Å². The van der Waals surface area contributed by atoms with Crippen LogP contribution in [0.25, 0.3) is 5.69 Å². The van der Waals surface area contributed by atoms with Gasteiger partial charge in [-0.3, -0.25) is 9.69 Å². The fourth-order valence-electron chi connectivity index (χ4n) is 3.21. The number of hydrogen-bond acceptors (Lipinski definition) is 7. The molecule has 3 heterocycles. The Balaban J connectivity index is 1.43. The first kappa shape index (κ1) is 22.9. The monoisotopic (exact) mass is 493 g/mol. The second-order valence-corrected chi connectivity index (χ2v) is 10.2. The Morgan fingerprint density at radius 2 is 2.18 bits per heavy atom. The number of carbonyl (C=O) groups excluding carboxylic acids is 2. The molecule has 33 heavy (non-hydrogen) atoms. The third kappa shape index (κ3) is 5.21. The Kier molecular flexibility index (Phi) is 6.44. The highest BCUT2D eigenvalue weighted by molar-refractivity contribution is 7.91. The Morgan fingerprint density at radius 3 is 2.88 bits per heavy atom. The van der Waals surface area contributed by atoms with Crippen molar-refractivity contribution < 1.29 is 27.1 Å². The number of thiophene rings is 1. The van der Waals surface area contributed by atoms with Gasteiger partial charge in [0, 0.05) is 13.1 Å². The van der Waals surface area contributed by atoms with E-state index in [4.69, 9.17) is 4.74 Å². The molecule has 0 unspecified atom stereocenters. The van der Waals surface area contributed by atoms with E-state index in [9.17, 15) is 22.4 Å². The van der Waals surface area contributed by atoms with Crippen molar-refractivity contribution in [3.05, 3.63) is 59.7 Å². The summed E-state index contributed by atoms with van der Waals surface area (Å²) < 4.78 is 48.6. The van der Waals surface area contributed by atoms with Crippen LogP contribution in [0.3, 0.4) is 0 Å². The van der Waals surface area contributed by atoms with Crippen LogP contribution < -0.4 is 14.9 Å². The number of hydrogen-bond donors (Lipinski definition) is 2. The molecule has 10 nitrogen and oxygen atoms in total. The molecule has 0 spiro atoms. The van der Waals surface area contributed by atoms with Crippen LogP contribution in [-0.4, -0.2) is 49.2 Å². The lowest BCUT2D eigenvalue weighted by atomic mass is 10.2. The summed E-state index contributed by atoms with van der Waals surface area (Å²) in [6, 6.07) is 7.41. The lowest BCUT2D eigenvalue weighted by Gasteiger charge is -2.14. The molecule has 2 N–H and O–H groups in total. The number of amides is 2. The molecule has 3 aromatic rings. The van der Waals surface area contributed by atoms with Gasteiger partial charge in [-0.1, -0.05) is 6.07 Å². The number of ether oxygens (including phenoxy) is 1. The van der Waals surface area contributed by atoms with Gasteiger partial charge >= 0.3 is 6.09 Å². The minimum atomic E-state index is -3.64. The van der Waals surface area contributed by atoms with E-state index < -0.39 is 28.0 Å². The zero-order valence-corrected chi connectivity index (χ0v) is 19.0. The van der Waals surface area contributed by atoms with Gasteiger partial charge in [-0.2, -0.15) is 0 Å². The van der Waals surface area contributed by atoms with Crippen LogP contribution in [-0.2, 0) is 26.1 Å². The summed E-state index contributed by atoms with van der Waals surface area (Å²) in [5.74, 6) is -0.840. The van der Waals surface area contributed by atoms with E-state index in [0.29, 0.717) is 11.4 Å². The molecule has 1 saturated heterocycles. The number of carbonyl (C=O) groups is 2. The molecule has 1 aliphatic heterocycles. The summed E-state index contributed by atoms with van der Waals surface area (Å²) in [6.45, 7) is 1.66. The maximum atomic E-state index is 14.8. The van der Waals surface area contributed by atoms with Crippen molar-refractivity contribution in [2.75, 3.05) is 18.0 Å². The number of benzene rings is 1. The number of imidazole rings is 1. The predicted octanol–water partition coefficient (Wildman–Crippen LogP) is 2.01. The lowest BCUT2D eigenvalue weighted by Crippen LogP contribution is -2.33. The summed E-state index contributed by atoms with van der Waals surface area (Å²) in [5, 5.41) is 4.25. The second-order valence-electron chi connectivity index (χ2n) is 7.22. The molecule has 13 heteroatoms. The average molecular weight is 494 g/mol. The van der Waals surface area contributed by atoms with E-state index in [2.05, 4.69) is 15.0 Å². The first-order chi connectivity index (χ1) is 15.7. The van der Waals surface area contributed by atoms with Crippen molar-refractivity contribution in [3.8, 4) is 5.69 Å². The van der Waals surface area contributed by atoms with Gasteiger partial charge in [-0.05, 0) is 29.6 Å². The molecule has 2 amide bonds. The van der Waals surface area contributed by atoms with Gasteiger partial charge in [0.1, 0.15) is 16.1 Å². The fourth-order valence-corrected chi connectivity index (χ4v) is 5.25. The van der Waals surface area contributed by atoms with Gasteiger partial charge in [0.15, 0.2) is 0 Å². The lowest BCUT2D eigenvalue weighted by molar-refractivity contribution is -0.119. The van der Waals surface area contributed by atoms with Gasteiger partial charge in [0.25, 0.3) is 0 Å². The number of halogens is 1. The van der Waals surface area contributed by atoms with E-state index >= 15 is 0 Å². The van der Waals surface area contributed by atoms with Crippen molar-refractivity contribution in [1.29, 1.82) is 0 Å².